The number of thiocarbonyl (C=S) groups is 1. The van der Waals surface area contributed by atoms with E-state index in [4.69, 9.17) is 12.2 Å². The zero-order valence-electron chi connectivity index (χ0n) is 12.3. The van der Waals surface area contributed by atoms with Gasteiger partial charge in [-0.15, -0.1) is 0 Å². The molecule has 0 saturated heterocycles. The van der Waals surface area contributed by atoms with Gasteiger partial charge in [0.25, 0.3) is 0 Å². The van der Waals surface area contributed by atoms with Gasteiger partial charge in [0.05, 0.1) is 0 Å². The van der Waals surface area contributed by atoms with Crippen molar-refractivity contribution in [2.75, 3.05) is 6.54 Å². The Kier molecular flexibility index (Phi) is 6.85. The first-order valence-corrected chi connectivity index (χ1v) is 7.54. The second-order valence-corrected chi connectivity index (χ2v) is 6.01. The van der Waals surface area contributed by atoms with E-state index >= 15 is 0 Å². The molecule has 106 valence electrons. The second-order valence-electron chi connectivity index (χ2n) is 5.60. The zero-order valence-corrected chi connectivity index (χ0v) is 13.1. The lowest BCUT2D eigenvalue weighted by atomic mass is 9.95. The topological polar surface area (TPSA) is 24.1 Å². The molecule has 19 heavy (non-hydrogen) atoms. The van der Waals surface area contributed by atoms with Crippen molar-refractivity contribution in [1.82, 2.24) is 10.6 Å². The Morgan fingerprint density at radius 3 is 2.53 bits per heavy atom. The highest BCUT2D eigenvalue weighted by molar-refractivity contribution is 7.80. The van der Waals surface area contributed by atoms with E-state index in [1.807, 2.05) is 0 Å². The van der Waals surface area contributed by atoms with Crippen LogP contribution in [0, 0.1) is 0 Å². The van der Waals surface area contributed by atoms with E-state index in [1.165, 1.54) is 12.0 Å². The van der Waals surface area contributed by atoms with E-state index in [-0.39, 0.29) is 5.54 Å². The number of aryl methyl sites for hydroxylation is 1. The lowest BCUT2D eigenvalue weighted by Crippen LogP contribution is -2.48. The fourth-order valence-electron chi connectivity index (χ4n) is 1.89. The Hall–Kier alpha value is -1.09. The number of hydrogen-bond donors (Lipinski definition) is 2. The van der Waals surface area contributed by atoms with E-state index in [1.54, 1.807) is 0 Å². The minimum absolute atomic E-state index is 0.0200. The van der Waals surface area contributed by atoms with Crippen LogP contribution < -0.4 is 10.6 Å². The molecule has 3 heteroatoms. The van der Waals surface area contributed by atoms with Crippen LogP contribution in [0.3, 0.4) is 0 Å². The largest absolute Gasteiger partial charge is 0.363 e. The summed E-state index contributed by atoms with van der Waals surface area (Å²) < 4.78 is 0. The summed E-state index contributed by atoms with van der Waals surface area (Å²) in [6, 6.07) is 10.6. The van der Waals surface area contributed by atoms with Crippen molar-refractivity contribution in [2.24, 2.45) is 0 Å². The van der Waals surface area contributed by atoms with Gasteiger partial charge in [0, 0.05) is 12.1 Å². The van der Waals surface area contributed by atoms with Gasteiger partial charge < -0.3 is 10.6 Å². The minimum atomic E-state index is 0.0200. The summed E-state index contributed by atoms with van der Waals surface area (Å²) >= 11 is 5.32. The molecule has 2 N–H and O–H groups in total. The minimum Gasteiger partial charge on any atom is -0.363 e. The Labute approximate surface area is 123 Å². The van der Waals surface area contributed by atoms with Crippen LogP contribution in [0.25, 0.3) is 0 Å². The first-order chi connectivity index (χ1) is 9.03. The van der Waals surface area contributed by atoms with Crippen molar-refractivity contribution in [3.05, 3.63) is 35.9 Å². The average molecular weight is 278 g/mol. The van der Waals surface area contributed by atoms with E-state index in [0.717, 1.165) is 30.9 Å². The van der Waals surface area contributed by atoms with Crippen molar-refractivity contribution in [2.45, 2.75) is 52.0 Å². The van der Waals surface area contributed by atoms with Gasteiger partial charge in [0.1, 0.15) is 0 Å². The molecule has 0 spiro atoms. The molecule has 0 aliphatic heterocycles. The monoisotopic (exact) mass is 278 g/mol. The van der Waals surface area contributed by atoms with Crippen LogP contribution in [-0.4, -0.2) is 17.2 Å². The van der Waals surface area contributed by atoms with Crippen LogP contribution in [0.15, 0.2) is 30.3 Å². The third kappa shape index (κ3) is 7.16. The first-order valence-electron chi connectivity index (χ1n) is 7.13. The van der Waals surface area contributed by atoms with Gasteiger partial charge in [-0.05, 0) is 50.9 Å². The molecule has 0 heterocycles. The highest BCUT2D eigenvalue weighted by Gasteiger charge is 2.18. The average Bonchev–Trinajstić information content (AvgIpc) is 2.37. The van der Waals surface area contributed by atoms with Crippen LogP contribution in [0.2, 0.25) is 0 Å². The molecule has 0 aliphatic rings. The van der Waals surface area contributed by atoms with Crippen molar-refractivity contribution < 1.29 is 0 Å². The van der Waals surface area contributed by atoms with Gasteiger partial charge in [0.2, 0.25) is 0 Å². The summed E-state index contributed by atoms with van der Waals surface area (Å²) in [5.74, 6) is 0. The number of rotatable bonds is 7. The molecule has 1 rings (SSSR count). The summed E-state index contributed by atoms with van der Waals surface area (Å²) in [5, 5.41) is 7.43. The molecule has 0 saturated carbocycles. The van der Waals surface area contributed by atoms with Crippen LogP contribution in [0.4, 0.5) is 0 Å². The van der Waals surface area contributed by atoms with Gasteiger partial charge in [0.15, 0.2) is 5.11 Å². The number of nitrogens with one attached hydrogen (secondary N) is 2. The van der Waals surface area contributed by atoms with Crippen molar-refractivity contribution in [3.8, 4) is 0 Å². The van der Waals surface area contributed by atoms with Gasteiger partial charge in [-0.3, -0.25) is 0 Å². The molecule has 2 nitrogen and oxygen atoms in total. The predicted molar refractivity (Wildman–Crippen MR) is 87.5 cm³/mol. The fraction of sp³-hybridized carbons (Fsp3) is 0.562. The zero-order chi connectivity index (χ0) is 14.1. The van der Waals surface area contributed by atoms with E-state index in [2.05, 4.69) is 61.7 Å². The standard InChI is InChI=1S/C16H26N2S/c1-4-5-13-17-15(19)18-16(2,3)12-11-14-9-7-6-8-10-14/h6-10H,4-5,11-13H2,1-3H3,(H2,17,18,19). The molecule has 0 aromatic heterocycles. The summed E-state index contributed by atoms with van der Waals surface area (Å²) in [6.07, 6.45) is 4.48. The fourth-order valence-corrected chi connectivity index (χ4v) is 2.27. The summed E-state index contributed by atoms with van der Waals surface area (Å²) in [5.41, 5.74) is 1.40. The molecular formula is C16H26N2S. The Morgan fingerprint density at radius 2 is 1.89 bits per heavy atom. The van der Waals surface area contributed by atoms with Crippen LogP contribution in [0.5, 0.6) is 0 Å². The summed E-state index contributed by atoms with van der Waals surface area (Å²) in [6.45, 7) is 7.53. The highest BCUT2D eigenvalue weighted by Crippen LogP contribution is 2.13. The van der Waals surface area contributed by atoms with Crippen LogP contribution >= 0.6 is 12.2 Å². The molecular weight excluding hydrogens is 252 g/mol. The van der Waals surface area contributed by atoms with Gasteiger partial charge in [-0.1, -0.05) is 43.7 Å². The van der Waals surface area contributed by atoms with Crippen LogP contribution in [0.1, 0.15) is 45.6 Å². The molecule has 0 unspecified atom stereocenters. The van der Waals surface area contributed by atoms with Crippen molar-refractivity contribution >= 4 is 17.3 Å². The second kappa shape index (κ2) is 8.16. The van der Waals surface area contributed by atoms with E-state index < -0.39 is 0 Å². The highest BCUT2D eigenvalue weighted by atomic mass is 32.1. The third-order valence-electron chi connectivity index (χ3n) is 3.15. The normalized spacial score (nSPS) is 11.1. The molecule has 1 aromatic carbocycles. The quantitative estimate of drug-likeness (QED) is 0.588. The molecule has 0 bridgehead atoms. The van der Waals surface area contributed by atoms with Crippen molar-refractivity contribution in [1.29, 1.82) is 0 Å². The van der Waals surface area contributed by atoms with Gasteiger partial charge in [-0.25, -0.2) is 0 Å². The Bertz CT molecular complexity index is 374. The molecule has 0 atom stereocenters. The SMILES string of the molecule is CCCCNC(=S)NC(C)(C)CCc1ccccc1. The van der Waals surface area contributed by atoms with Crippen molar-refractivity contribution in [3.63, 3.8) is 0 Å². The van der Waals surface area contributed by atoms with Gasteiger partial charge >= 0.3 is 0 Å². The first kappa shape index (κ1) is 16.0. The van der Waals surface area contributed by atoms with E-state index in [9.17, 15) is 0 Å². The number of benzene rings is 1. The Morgan fingerprint density at radius 1 is 1.21 bits per heavy atom. The van der Waals surface area contributed by atoms with Crippen LogP contribution in [-0.2, 0) is 6.42 Å². The lowest BCUT2D eigenvalue weighted by Gasteiger charge is -2.28. The maximum atomic E-state index is 5.32. The number of hydrogen-bond acceptors (Lipinski definition) is 1. The maximum Gasteiger partial charge on any atom is 0.166 e. The third-order valence-corrected chi connectivity index (χ3v) is 3.40. The number of unbranched alkanes of at least 4 members (excludes halogenated alkanes) is 1. The molecule has 0 amide bonds. The van der Waals surface area contributed by atoms with Gasteiger partial charge in [-0.2, -0.15) is 0 Å². The molecule has 1 aromatic rings. The lowest BCUT2D eigenvalue weighted by molar-refractivity contribution is 0.422. The molecule has 0 aliphatic carbocycles. The summed E-state index contributed by atoms with van der Waals surface area (Å²) in [7, 11) is 0. The summed E-state index contributed by atoms with van der Waals surface area (Å²) in [4.78, 5) is 0. The molecule has 0 radical (unpaired) electrons. The molecule has 0 fully saturated rings. The van der Waals surface area contributed by atoms with E-state index in [0.29, 0.717) is 0 Å². The smallest absolute Gasteiger partial charge is 0.166 e. The maximum absolute atomic E-state index is 5.32. The predicted octanol–water partition coefficient (Wildman–Crippen LogP) is 3.66. The Balaban J connectivity index is 2.32.